The lowest BCUT2D eigenvalue weighted by atomic mass is 9.74. The van der Waals surface area contributed by atoms with Gasteiger partial charge in [0.15, 0.2) is 0 Å². The number of hydrogen-bond donors (Lipinski definition) is 1. The van der Waals surface area contributed by atoms with Crippen LogP contribution in [0, 0.1) is 11.3 Å². The Hall–Kier alpha value is -1.34. The van der Waals surface area contributed by atoms with Crippen molar-refractivity contribution in [2.75, 3.05) is 26.3 Å². The minimum absolute atomic E-state index is 0.109. The molecule has 1 N–H and O–H groups in total. The monoisotopic (exact) mass is 370 g/mol. The molecule has 3 heterocycles. The first-order chi connectivity index (χ1) is 10.5. The van der Waals surface area contributed by atoms with Gasteiger partial charge in [0, 0.05) is 42.8 Å². The van der Waals surface area contributed by atoms with E-state index >= 15 is 0 Å². The number of fused-ring (bicyclic) bond motifs is 1. The average Bonchev–Trinajstić information content (AvgIpc) is 3.07. The topological polar surface area (TPSA) is 71.8 Å². The fourth-order valence-electron chi connectivity index (χ4n) is 3.53. The van der Waals surface area contributed by atoms with E-state index in [4.69, 9.17) is 4.74 Å². The molecule has 0 unspecified atom stereocenters. The third kappa shape index (κ3) is 2.36. The van der Waals surface area contributed by atoms with E-state index in [-0.39, 0.29) is 18.4 Å². The highest BCUT2D eigenvalue weighted by Crippen LogP contribution is 2.42. The Bertz CT molecular complexity index is 615. The lowest BCUT2D eigenvalue weighted by molar-refractivity contribution is -0.157. The second-order valence-corrected chi connectivity index (χ2v) is 6.91. The summed E-state index contributed by atoms with van der Waals surface area (Å²) in [7, 11) is 0. The molecule has 0 aliphatic carbocycles. The molecular formula is C15H19BrN2O4. The van der Waals surface area contributed by atoms with Crippen molar-refractivity contribution in [2.24, 2.45) is 11.3 Å². The molecule has 0 saturated carbocycles. The number of aliphatic carboxylic acids is 1. The van der Waals surface area contributed by atoms with E-state index in [0.29, 0.717) is 38.4 Å². The van der Waals surface area contributed by atoms with Crippen molar-refractivity contribution in [2.45, 2.75) is 19.9 Å². The van der Waals surface area contributed by atoms with Crippen molar-refractivity contribution in [1.82, 2.24) is 9.47 Å². The number of ether oxygens (including phenoxy) is 1. The van der Waals surface area contributed by atoms with Gasteiger partial charge in [0.2, 0.25) is 0 Å². The molecule has 2 aliphatic heterocycles. The Balaban J connectivity index is 1.87. The quantitative estimate of drug-likeness (QED) is 0.880. The predicted octanol–water partition coefficient (Wildman–Crippen LogP) is 1.83. The summed E-state index contributed by atoms with van der Waals surface area (Å²) in [5, 5.41) is 9.67. The highest BCUT2D eigenvalue weighted by atomic mass is 79.9. The molecule has 7 heteroatoms. The van der Waals surface area contributed by atoms with Crippen LogP contribution in [0.3, 0.4) is 0 Å². The third-order valence-corrected chi connectivity index (χ3v) is 5.28. The van der Waals surface area contributed by atoms with Crippen molar-refractivity contribution in [3.63, 3.8) is 0 Å². The van der Waals surface area contributed by atoms with Crippen molar-refractivity contribution in [3.05, 3.63) is 22.4 Å². The molecule has 1 aromatic rings. The molecule has 1 aromatic heterocycles. The number of hydrogen-bond acceptors (Lipinski definition) is 3. The maximum absolute atomic E-state index is 12.8. The molecular weight excluding hydrogens is 352 g/mol. The molecule has 0 radical (unpaired) electrons. The molecule has 0 spiro atoms. The van der Waals surface area contributed by atoms with Crippen LogP contribution >= 0.6 is 15.9 Å². The van der Waals surface area contributed by atoms with E-state index in [1.807, 2.05) is 17.7 Å². The number of nitrogens with zero attached hydrogens (tertiary/aromatic N) is 2. The van der Waals surface area contributed by atoms with Gasteiger partial charge in [-0.2, -0.15) is 0 Å². The highest BCUT2D eigenvalue weighted by molar-refractivity contribution is 9.10. The maximum Gasteiger partial charge on any atom is 0.311 e. The van der Waals surface area contributed by atoms with Gasteiger partial charge in [-0.1, -0.05) is 0 Å². The number of carboxylic acid groups (broad SMARTS) is 1. The van der Waals surface area contributed by atoms with Gasteiger partial charge in [-0.15, -0.1) is 0 Å². The van der Waals surface area contributed by atoms with E-state index < -0.39 is 11.4 Å². The highest BCUT2D eigenvalue weighted by Gasteiger charge is 2.55. The molecule has 2 saturated heterocycles. The van der Waals surface area contributed by atoms with E-state index in [1.165, 1.54) is 0 Å². The lowest BCUT2D eigenvalue weighted by Gasteiger charge is -2.33. The number of likely N-dealkylation sites (tertiary alicyclic amines) is 1. The molecule has 2 aliphatic rings. The number of carboxylic acids is 1. The Morgan fingerprint density at radius 2 is 2.32 bits per heavy atom. The van der Waals surface area contributed by atoms with Crippen LogP contribution in [0.2, 0.25) is 0 Å². The van der Waals surface area contributed by atoms with Crippen LogP contribution < -0.4 is 0 Å². The van der Waals surface area contributed by atoms with Crippen molar-refractivity contribution < 1.29 is 19.4 Å². The Morgan fingerprint density at radius 1 is 1.55 bits per heavy atom. The summed E-state index contributed by atoms with van der Waals surface area (Å²) in [6.45, 7) is 4.23. The normalized spacial score (nSPS) is 27.7. The molecule has 120 valence electrons. The van der Waals surface area contributed by atoms with E-state index in [1.54, 1.807) is 11.0 Å². The first-order valence-electron chi connectivity index (χ1n) is 7.44. The van der Waals surface area contributed by atoms with Crippen LogP contribution in [0.25, 0.3) is 0 Å². The van der Waals surface area contributed by atoms with Gasteiger partial charge in [0.1, 0.15) is 5.69 Å². The number of rotatable bonds is 3. The summed E-state index contributed by atoms with van der Waals surface area (Å²) in [6.07, 6.45) is 2.34. The van der Waals surface area contributed by atoms with Crippen LogP contribution in [-0.4, -0.2) is 52.8 Å². The molecule has 0 bridgehead atoms. The lowest BCUT2D eigenvalue weighted by Crippen LogP contribution is -2.45. The van der Waals surface area contributed by atoms with Crippen molar-refractivity contribution >= 4 is 27.8 Å². The average molecular weight is 371 g/mol. The summed E-state index contributed by atoms with van der Waals surface area (Å²) in [5.41, 5.74) is -0.260. The van der Waals surface area contributed by atoms with Crippen LogP contribution in [0.15, 0.2) is 16.7 Å². The number of amides is 1. The van der Waals surface area contributed by atoms with Crippen LogP contribution in [0.5, 0.6) is 0 Å². The summed E-state index contributed by atoms with van der Waals surface area (Å²) in [4.78, 5) is 26.3. The molecule has 2 fully saturated rings. The molecule has 0 aromatic carbocycles. The van der Waals surface area contributed by atoms with Crippen molar-refractivity contribution in [1.29, 1.82) is 0 Å². The van der Waals surface area contributed by atoms with Gasteiger partial charge in [0.25, 0.3) is 5.91 Å². The number of aromatic nitrogens is 1. The smallest absolute Gasteiger partial charge is 0.311 e. The molecule has 22 heavy (non-hydrogen) atoms. The van der Waals surface area contributed by atoms with Gasteiger partial charge < -0.3 is 19.3 Å². The van der Waals surface area contributed by atoms with E-state index in [2.05, 4.69) is 15.9 Å². The SMILES string of the molecule is CCn1cc(Br)cc1C(=O)N1C[C@H]2COCC[C@@]2(C(=O)O)C1. The second-order valence-electron chi connectivity index (χ2n) is 6.00. The molecule has 2 atom stereocenters. The minimum atomic E-state index is -0.852. The zero-order chi connectivity index (χ0) is 15.9. The number of halogens is 1. The predicted molar refractivity (Wildman–Crippen MR) is 82.7 cm³/mol. The standard InChI is InChI=1S/C15H19BrN2O4/c1-2-17-7-11(16)5-12(17)13(19)18-6-10-8-22-4-3-15(10,9-18)14(20)21/h5,7,10H,2-4,6,8-9H2,1H3,(H,20,21)/t10-,15+/m0/s1. The largest absolute Gasteiger partial charge is 0.481 e. The van der Waals surface area contributed by atoms with Gasteiger partial charge >= 0.3 is 5.97 Å². The van der Waals surface area contributed by atoms with Gasteiger partial charge in [-0.25, -0.2) is 0 Å². The molecule has 6 nitrogen and oxygen atoms in total. The fourth-order valence-corrected chi connectivity index (χ4v) is 4.00. The van der Waals surface area contributed by atoms with Crippen LogP contribution in [0.4, 0.5) is 0 Å². The zero-order valence-corrected chi connectivity index (χ0v) is 14.0. The molecule has 3 rings (SSSR count). The Kier molecular flexibility index (Phi) is 4.03. The first-order valence-corrected chi connectivity index (χ1v) is 8.23. The number of aryl methyl sites for hydroxylation is 1. The van der Waals surface area contributed by atoms with Crippen LogP contribution in [0.1, 0.15) is 23.8 Å². The number of carbonyl (C=O) groups excluding carboxylic acids is 1. The summed E-state index contributed by atoms with van der Waals surface area (Å²) in [5.74, 6) is -1.05. The Labute approximate surface area is 137 Å². The zero-order valence-electron chi connectivity index (χ0n) is 12.4. The second kappa shape index (κ2) is 5.70. The van der Waals surface area contributed by atoms with Crippen molar-refractivity contribution in [3.8, 4) is 0 Å². The summed E-state index contributed by atoms with van der Waals surface area (Å²) >= 11 is 3.39. The van der Waals surface area contributed by atoms with Crippen LogP contribution in [-0.2, 0) is 16.1 Å². The number of carbonyl (C=O) groups is 2. The van der Waals surface area contributed by atoms with Gasteiger partial charge in [-0.3, -0.25) is 9.59 Å². The Morgan fingerprint density at radius 3 is 2.95 bits per heavy atom. The molecule has 1 amide bonds. The third-order valence-electron chi connectivity index (χ3n) is 4.84. The van der Waals surface area contributed by atoms with Gasteiger partial charge in [-0.05, 0) is 35.3 Å². The minimum Gasteiger partial charge on any atom is -0.481 e. The van der Waals surface area contributed by atoms with Gasteiger partial charge in [0.05, 0.1) is 12.0 Å². The fraction of sp³-hybridized carbons (Fsp3) is 0.600. The first kappa shape index (κ1) is 15.6. The summed E-state index contributed by atoms with van der Waals surface area (Å²) in [6, 6.07) is 1.79. The van der Waals surface area contributed by atoms with E-state index in [0.717, 1.165) is 4.47 Å². The maximum atomic E-state index is 12.8. The summed E-state index contributed by atoms with van der Waals surface area (Å²) < 4.78 is 8.15. The van der Waals surface area contributed by atoms with E-state index in [9.17, 15) is 14.7 Å².